The molecule has 0 aromatic carbocycles. The van der Waals surface area contributed by atoms with Crippen molar-refractivity contribution in [2.24, 2.45) is 0 Å². The smallest absolute Gasteiger partial charge is 0.248 e. The van der Waals surface area contributed by atoms with Crippen LogP contribution in [0.25, 0.3) is 0 Å². The SMILES string of the molecule is CC(C)(C)OCC(=O)N(CCCl)C1CCC1. The second-order valence-electron chi connectivity index (χ2n) is 5.26. The number of nitrogens with zero attached hydrogens (tertiary/aromatic N) is 1. The minimum absolute atomic E-state index is 0.0697. The first kappa shape index (κ1) is 13.8. The second kappa shape index (κ2) is 5.87. The van der Waals surface area contributed by atoms with Gasteiger partial charge in [0.05, 0.1) is 5.60 Å². The fourth-order valence-electron chi connectivity index (χ4n) is 1.66. The summed E-state index contributed by atoms with van der Waals surface area (Å²) in [6, 6.07) is 0.398. The first-order valence-electron chi connectivity index (χ1n) is 5.93. The first-order chi connectivity index (χ1) is 7.44. The maximum absolute atomic E-state index is 12.0. The highest BCUT2D eigenvalue weighted by atomic mass is 35.5. The zero-order valence-corrected chi connectivity index (χ0v) is 11.2. The molecule has 16 heavy (non-hydrogen) atoms. The van der Waals surface area contributed by atoms with Crippen LogP contribution >= 0.6 is 11.6 Å². The lowest BCUT2D eigenvalue weighted by Gasteiger charge is -2.37. The summed E-state index contributed by atoms with van der Waals surface area (Å²) in [4.78, 5) is 13.8. The summed E-state index contributed by atoms with van der Waals surface area (Å²) < 4.78 is 5.50. The maximum Gasteiger partial charge on any atom is 0.248 e. The van der Waals surface area contributed by atoms with Crippen LogP contribution in [0, 0.1) is 0 Å². The quantitative estimate of drug-likeness (QED) is 0.699. The minimum Gasteiger partial charge on any atom is -0.366 e. The third-order valence-corrected chi connectivity index (χ3v) is 2.96. The van der Waals surface area contributed by atoms with Crippen LogP contribution in [0.3, 0.4) is 0 Å². The highest BCUT2D eigenvalue weighted by Gasteiger charge is 2.28. The van der Waals surface area contributed by atoms with Crippen LogP contribution in [0.1, 0.15) is 40.0 Å². The molecule has 1 saturated carbocycles. The van der Waals surface area contributed by atoms with Crippen molar-refractivity contribution in [2.45, 2.75) is 51.7 Å². The highest BCUT2D eigenvalue weighted by molar-refractivity contribution is 6.18. The molecule has 94 valence electrons. The Morgan fingerprint density at radius 1 is 1.44 bits per heavy atom. The van der Waals surface area contributed by atoms with Crippen molar-refractivity contribution < 1.29 is 9.53 Å². The summed E-state index contributed by atoms with van der Waals surface area (Å²) in [5.41, 5.74) is -0.262. The van der Waals surface area contributed by atoms with Gasteiger partial charge in [0.15, 0.2) is 0 Å². The number of alkyl halides is 1. The number of hydrogen-bond acceptors (Lipinski definition) is 2. The van der Waals surface area contributed by atoms with Gasteiger partial charge in [-0.1, -0.05) is 0 Å². The van der Waals surface area contributed by atoms with E-state index in [2.05, 4.69) is 0 Å². The van der Waals surface area contributed by atoms with E-state index >= 15 is 0 Å². The summed E-state index contributed by atoms with van der Waals surface area (Å²) in [6.07, 6.45) is 3.44. The molecule has 0 N–H and O–H groups in total. The summed E-state index contributed by atoms with van der Waals surface area (Å²) >= 11 is 5.72. The van der Waals surface area contributed by atoms with Gasteiger partial charge in [-0.3, -0.25) is 4.79 Å². The number of amides is 1. The second-order valence-corrected chi connectivity index (χ2v) is 5.64. The molecule has 0 atom stereocenters. The fourth-order valence-corrected chi connectivity index (χ4v) is 1.84. The van der Waals surface area contributed by atoms with Crippen LogP contribution in [0.15, 0.2) is 0 Å². The van der Waals surface area contributed by atoms with Crippen molar-refractivity contribution in [3.63, 3.8) is 0 Å². The Labute approximate surface area is 103 Å². The van der Waals surface area contributed by atoms with E-state index in [1.54, 1.807) is 0 Å². The summed E-state index contributed by atoms with van der Waals surface area (Å²) in [5.74, 6) is 0.567. The van der Waals surface area contributed by atoms with Crippen LogP contribution in [0.2, 0.25) is 0 Å². The van der Waals surface area contributed by atoms with Gasteiger partial charge in [0.25, 0.3) is 0 Å². The molecular weight excluding hydrogens is 226 g/mol. The van der Waals surface area contributed by atoms with Gasteiger partial charge in [0.2, 0.25) is 5.91 Å². The molecule has 1 fully saturated rings. The molecule has 1 rings (SSSR count). The van der Waals surface area contributed by atoms with Crippen LogP contribution in [-0.2, 0) is 9.53 Å². The fraction of sp³-hybridized carbons (Fsp3) is 0.917. The topological polar surface area (TPSA) is 29.5 Å². The third-order valence-electron chi connectivity index (χ3n) is 2.79. The van der Waals surface area contributed by atoms with Crippen molar-refractivity contribution in [3.8, 4) is 0 Å². The molecule has 0 spiro atoms. The van der Waals surface area contributed by atoms with E-state index in [-0.39, 0.29) is 18.1 Å². The Bertz CT molecular complexity index is 234. The van der Waals surface area contributed by atoms with E-state index in [4.69, 9.17) is 16.3 Å². The molecule has 1 amide bonds. The Morgan fingerprint density at radius 3 is 2.44 bits per heavy atom. The number of rotatable bonds is 5. The molecule has 0 aromatic rings. The molecule has 0 saturated heterocycles. The Hall–Kier alpha value is -0.280. The molecule has 0 aliphatic heterocycles. The molecule has 0 aromatic heterocycles. The Balaban J connectivity index is 2.41. The Kier molecular flexibility index (Phi) is 5.06. The minimum atomic E-state index is -0.262. The maximum atomic E-state index is 12.0. The van der Waals surface area contributed by atoms with Crippen molar-refractivity contribution in [1.82, 2.24) is 4.90 Å². The molecule has 0 radical (unpaired) electrons. The molecule has 1 aliphatic carbocycles. The number of hydrogen-bond donors (Lipinski definition) is 0. The monoisotopic (exact) mass is 247 g/mol. The van der Waals surface area contributed by atoms with Gasteiger partial charge in [-0.15, -0.1) is 11.6 Å². The van der Waals surface area contributed by atoms with E-state index in [1.807, 2.05) is 25.7 Å². The first-order valence-corrected chi connectivity index (χ1v) is 6.47. The van der Waals surface area contributed by atoms with Gasteiger partial charge in [0, 0.05) is 18.5 Å². The molecular formula is C12H22ClNO2. The average Bonchev–Trinajstić information content (AvgIpc) is 2.09. The van der Waals surface area contributed by atoms with Gasteiger partial charge in [-0.05, 0) is 40.0 Å². The van der Waals surface area contributed by atoms with Crippen molar-refractivity contribution in [2.75, 3.05) is 19.0 Å². The zero-order valence-electron chi connectivity index (χ0n) is 10.5. The van der Waals surface area contributed by atoms with Crippen LogP contribution in [0.4, 0.5) is 0 Å². The summed E-state index contributed by atoms with van der Waals surface area (Å²) in [7, 11) is 0. The van der Waals surface area contributed by atoms with Gasteiger partial charge in [0.1, 0.15) is 6.61 Å². The lowest BCUT2D eigenvalue weighted by atomic mass is 9.91. The number of halogens is 1. The highest BCUT2D eigenvalue weighted by Crippen LogP contribution is 2.25. The van der Waals surface area contributed by atoms with E-state index in [0.29, 0.717) is 18.5 Å². The standard InChI is InChI=1S/C12H22ClNO2/c1-12(2,3)16-9-11(15)14(8-7-13)10-5-4-6-10/h10H,4-9H2,1-3H3. The molecule has 0 bridgehead atoms. The summed E-state index contributed by atoms with van der Waals surface area (Å²) in [5, 5.41) is 0. The Morgan fingerprint density at radius 2 is 2.06 bits per heavy atom. The van der Waals surface area contributed by atoms with Gasteiger partial charge in [-0.25, -0.2) is 0 Å². The van der Waals surface area contributed by atoms with E-state index < -0.39 is 0 Å². The van der Waals surface area contributed by atoms with Gasteiger partial charge >= 0.3 is 0 Å². The average molecular weight is 248 g/mol. The molecule has 0 heterocycles. The van der Waals surface area contributed by atoms with Crippen LogP contribution < -0.4 is 0 Å². The van der Waals surface area contributed by atoms with Crippen molar-refractivity contribution in [1.29, 1.82) is 0 Å². The molecule has 1 aliphatic rings. The van der Waals surface area contributed by atoms with Crippen molar-refractivity contribution in [3.05, 3.63) is 0 Å². The van der Waals surface area contributed by atoms with Gasteiger partial charge < -0.3 is 9.64 Å². The predicted octanol–water partition coefficient (Wildman–Crippen LogP) is 2.42. The normalized spacial score (nSPS) is 17.0. The van der Waals surface area contributed by atoms with Gasteiger partial charge in [-0.2, -0.15) is 0 Å². The van der Waals surface area contributed by atoms with Crippen molar-refractivity contribution >= 4 is 17.5 Å². The van der Waals surface area contributed by atoms with Crippen LogP contribution in [-0.4, -0.2) is 41.5 Å². The van der Waals surface area contributed by atoms with E-state index in [1.165, 1.54) is 6.42 Å². The largest absolute Gasteiger partial charge is 0.366 e. The third kappa shape index (κ3) is 4.30. The summed E-state index contributed by atoms with van der Waals surface area (Å²) in [6.45, 7) is 6.66. The lowest BCUT2D eigenvalue weighted by Crippen LogP contribution is -2.47. The van der Waals surface area contributed by atoms with E-state index in [0.717, 1.165) is 12.8 Å². The zero-order chi connectivity index (χ0) is 12.2. The molecule has 3 nitrogen and oxygen atoms in total. The van der Waals surface area contributed by atoms with Crippen LogP contribution in [0.5, 0.6) is 0 Å². The number of carbonyl (C=O) groups is 1. The molecule has 0 unspecified atom stereocenters. The number of carbonyl (C=O) groups excluding carboxylic acids is 1. The molecule has 4 heteroatoms. The lowest BCUT2D eigenvalue weighted by molar-refractivity contribution is -0.144. The predicted molar refractivity (Wildman–Crippen MR) is 65.8 cm³/mol. The van der Waals surface area contributed by atoms with E-state index in [9.17, 15) is 4.79 Å². The number of ether oxygens (including phenoxy) is 1.